The van der Waals surface area contributed by atoms with E-state index in [0.717, 1.165) is 5.56 Å². The molecule has 0 radical (unpaired) electrons. The minimum atomic E-state index is -0.254. The maximum absolute atomic E-state index is 13.8. The van der Waals surface area contributed by atoms with Gasteiger partial charge in [-0.05, 0) is 25.6 Å². The van der Waals surface area contributed by atoms with Gasteiger partial charge in [0.05, 0.1) is 12.3 Å². The molecule has 0 aliphatic rings. The van der Waals surface area contributed by atoms with Crippen molar-refractivity contribution in [3.05, 3.63) is 29.6 Å². The molecule has 0 saturated heterocycles. The van der Waals surface area contributed by atoms with E-state index in [9.17, 15) is 4.39 Å². The third-order valence-corrected chi connectivity index (χ3v) is 2.73. The lowest BCUT2D eigenvalue weighted by molar-refractivity contribution is 0.303. The fourth-order valence-corrected chi connectivity index (χ4v) is 1.70. The van der Waals surface area contributed by atoms with Crippen molar-refractivity contribution in [2.75, 3.05) is 32.1 Å². The Morgan fingerprint density at radius 3 is 2.75 bits per heavy atom. The summed E-state index contributed by atoms with van der Waals surface area (Å²) in [6, 6.07) is 5.11. The smallest absolute Gasteiger partial charge is 0.146 e. The van der Waals surface area contributed by atoms with Crippen LogP contribution in [-0.2, 0) is 0 Å². The largest absolute Gasteiger partial charge is 0.395 e. The molecule has 0 fully saturated rings. The molecule has 2 N–H and O–H groups in total. The maximum Gasteiger partial charge on any atom is 0.146 e. The Morgan fingerprint density at radius 1 is 1.50 bits per heavy atom. The molecule has 0 bridgehead atoms. The van der Waals surface area contributed by atoms with E-state index >= 15 is 0 Å². The second kappa shape index (κ2) is 5.82. The standard InChI is InChI=1S/C12H19FN2O/c1-9(14-2)10-5-4-6-11(13)12(10)15(3)7-8-16/h4-6,9,14,16H,7-8H2,1-3H3. The number of aliphatic hydroxyl groups is 1. The van der Waals surface area contributed by atoms with E-state index in [1.54, 1.807) is 18.0 Å². The van der Waals surface area contributed by atoms with Crippen LogP contribution in [0.1, 0.15) is 18.5 Å². The lowest BCUT2D eigenvalue weighted by Gasteiger charge is -2.24. The number of hydrogen-bond donors (Lipinski definition) is 2. The van der Waals surface area contributed by atoms with E-state index in [-0.39, 0.29) is 18.5 Å². The number of nitrogens with zero attached hydrogens (tertiary/aromatic N) is 1. The normalized spacial score (nSPS) is 12.6. The van der Waals surface area contributed by atoms with E-state index in [2.05, 4.69) is 5.32 Å². The SMILES string of the molecule is CNC(C)c1cccc(F)c1N(C)CCO. The molecule has 1 aromatic carbocycles. The monoisotopic (exact) mass is 226 g/mol. The van der Waals surface area contributed by atoms with Crippen LogP contribution in [0.3, 0.4) is 0 Å². The number of benzene rings is 1. The first-order valence-electron chi connectivity index (χ1n) is 5.39. The quantitative estimate of drug-likeness (QED) is 0.799. The molecular formula is C12H19FN2O. The van der Waals surface area contributed by atoms with Gasteiger partial charge in [-0.1, -0.05) is 12.1 Å². The number of para-hydroxylation sites is 1. The summed E-state index contributed by atoms with van der Waals surface area (Å²) in [5.41, 5.74) is 1.46. The van der Waals surface area contributed by atoms with Gasteiger partial charge in [-0.3, -0.25) is 0 Å². The Kier molecular flexibility index (Phi) is 4.71. The van der Waals surface area contributed by atoms with Crippen LogP contribution in [0.2, 0.25) is 0 Å². The van der Waals surface area contributed by atoms with Crippen LogP contribution in [0.25, 0.3) is 0 Å². The minimum Gasteiger partial charge on any atom is -0.395 e. The summed E-state index contributed by atoms with van der Waals surface area (Å²) in [6.07, 6.45) is 0. The van der Waals surface area contributed by atoms with Gasteiger partial charge in [0.1, 0.15) is 5.82 Å². The molecule has 16 heavy (non-hydrogen) atoms. The third-order valence-electron chi connectivity index (χ3n) is 2.73. The fourth-order valence-electron chi connectivity index (χ4n) is 1.70. The molecule has 0 spiro atoms. The number of rotatable bonds is 5. The van der Waals surface area contributed by atoms with Crippen molar-refractivity contribution in [1.82, 2.24) is 5.32 Å². The Balaban J connectivity index is 3.12. The summed E-state index contributed by atoms with van der Waals surface area (Å²) in [4.78, 5) is 1.73. The minimum absolute atomic E-state index is 0.0121. The highest BCUT2D eigenvalue weighted by Gasteiger charge is 2.15. The van der Waals surface area contributed by atoms with Crippen LogP contribution in [-0.4, -0.2) is 32.4 Å². The first-order chi connectivity index (χ1) is 7.61. The summed E-state index contributed by atoms with van der Waals surface area (Å²) in [7, 11) is 3.62. The number of nitrogens with one attached hydrogen (secondary N) is 1. The predicted molar refractivity (Wildman–Crippen MR) is 64.2 cm³/mol. The summed E-state index contributed by atoms with van der Waals surface area (Å²) >= 11 is 0. The molecule has 1 unspecified atom stereocenters. The molecule has 1 rings (SSSR count). The molecule has 1 atom stereocenters. The van der Waals surface area contributed by atoms with Gasteiger partial charge in [-0.25, -0.2) is 4.39 Å². The lowest BCUT2D eigenvalue weighted by Crippen LogP contribution is -2.25. The number of hydrogen-bond acceptors (Lipinski definition) is 3. The molecule has 0 aromatic heterocycles. The highest BCUT2D eigenvalue weighted by atomic mass is 19.1. The van der Waals surface area contributed by atoms with E-state index in [1.807, 2.05) is 20.0 Å². The van der Waals surface area contributed by atoms with Gasteiger partial charge in [0, 0.05) is 19.6 Å². The topological polar surface area (TPSA) is 35.5 Å². The number of likely N-dealkylation sites (N-methyl/N-ethyl adjacent to an activating group) is 1. The van der Waals surface area contributed by atoms with Gasteiger partial charge in [0.2, 0.25) is 0 Å². The number of anilines is 1. The second-order valence-corrected chi connectivity index (χ2v) is 3.83. The van der Waals surface area contributed by atoms with Crippen LogP contribution in [0, 0.1) is 5.82 Å². The van der Waals surface area contributed by atoms with Crippen molar-refractivity contribution in [2.24, 2.45) is 0 Å². The summed E-state index contributed by atoms with van der Waals surface area (Å²) < 4.78 is 13.8. The molecule has 0 saturated carbocycles. The fraction of sp³-hybridized carbons (Fsp3) is 0.500. The molecule has 0 aliphatic carbocycles. The Labute approximate surface area is 95.9 Å². The average molecular weight is 226 g/mol. The van der Waals surface area contributed by atoms with E-state index in [4.69, 9.17) is 5.11 Å². The molecule has 0 aliphatic heterocycles. The molecule has 4 heteroatoms. The number of halogens is 1. The van der Waals surface area contributed by atoms with E-state index < -0.39 is 0 Å². The van der Waals surface area contributed by atoms with Crippen molar-refractivity contribution in [2.45, 2.75) is 13.0 Å². The first kappa shape index (κ1) is 12.9. The molecule has 1 aromatic rings. The maximum atomic E-state index is 13.8. The summed E-state index contributed by atoms with van der Waals surface area (Å²) in [5.74, 6) is -0.254. The van der Waals surface area contributed by atoms with Crippen LogP contribution in [0.4, 0.5) is 10.1 Å². The van der Waals surface area contributed by atoms with Gasteiger partial charge in [-0.15, -0.1) is 0 Å². The Morgan fingerprint density at radius 2 is 2.19 bits per heavy atom. The van der Waals surface area contributed by atoms with Crippen LogP contribution in [0.15, 0.2) is 18.2 Å². The highest BCUT2D eigenvalue weighted by Crippen LogP contribution is 2.28. The van der Waals surface area contributed by atoms with Crippen molar-refractivity contribution in [3.63, 3.8) is 0 Å². The van der Waals surface area contributed by atoms with Gasteiger partial charge in [0.15, 0.2) is 0 Å². The van der Waals surface area contributed by atoms with Crippen molar-refractivity contribution in [3.8, 4) is 0 Å². The van der Waals surface area contributed by atoms with Gasteiger partial charge in [-0.2, -0.15) is 0 Å². The molecule has 90 valence electrons. The highest BCUT2D eigenvalue weighted by molar-refractivity contribution is 5.55. The van der Waals surface area contributed by atoms with Gasteiger partial charge < -0.3 is 15.3 Å². The van der Waals surface area contributed by atoms with E-state index in [0.29, 0.717) is 12.2 Å². The Bertz CT molecular complexity index is 344. The van der Waals surface area contributed by atoms with E-state index in [1.165, 1.54) is 6.07 Å². The predicted octanol–water partition coefficient (Wildman–Crippen LogP) is 1.53. The van der Waals surface area contributed by atoms with Crippen LogP contribution >= 0.6 is 0 Å². The van der Waals surface area contributed by atoms with Gasteiger partial charge in [0.25, 0.3) is 0 Å². The van der Waals surface area contributed by atoms with Crippen LogP contribution < -0.4 is 10.2 Å². The van der Waals surface area contributed by atoms with Crippen molar-refractivity contribution < 1.29 is 9.50 Å². The lowest BCUT2D eigenvalue weighted by atomic mass is 10.0. The van der Waals surface area contributed by atoms with Crippen molar-refractivity contribution in [1.29, 1.82) is 0 Å². The van der Waals surface area contributed by atoms with Crippen LogP contribution in [0.5, 0.6) is 0 Å². The molecule has 0 amide bonds. The average Bonchev–Trinajstić information content (AvgIpc) is 2.27. The third kappa shape index (κ3) is 2.71. The summed E-state index contributed by atoms with van der Waals surface area (Å²) in [5, 5.41) is 12.0. The second-order valence-electron chi connectivity index (χ2n) is 3.83. The zero-order valence-electron chi connectivity index (χ0n) is 10.00. The summed E-state index contributed by atoms with van der Waals surface area (Å²) in [6.45, 7) is 2.41. The Hall–Kier alpha value is -1.13. The zero-order valence-corrected chi connectivity index (χ0v) is 10.00. The van der Waals surface area contributed by atoms with Gasteiger partial charge >= 0.3 is 0 Å². The number of aliphatic hydroxyl groups excluding tert-OH is 1. The zero-order chi connectivity index (χ0) is 12.1. The molecular weight excluding hydrogens is 207 g/mol. The molecule has 0 heterocycles. The molecule has 3 nitrogen and oxygen atoms in total. The first-order valence-corrected chi connectivity index (χ1v) is 5.39. The van der Waals surface area contributed by atoms with Crippen molar-refractivity contribution >= 4 is 5.69 Å².